The Morgan fingerprint density at radius 3 is 2.81 bits per heavy atom. The Labute approximate surface area is 226 Å². The lowest BCUT2D eigenvalue weighted by Gasteiger charge is -2.60. The summed E-state index contributed by atoms with van der Waals surface area (Å²) >= 11 is 2.01. The molecule has 9 nitrogen and oxygen atoms in total. The lowest BCUT2D eigenvalue weighted by Crippen LogP contribution is -2.97. The summed E-state index contributed by atoms with van der Waals surface area (Å²) in [6.45, 7) is 11.5. The van der Waals surface area contributed by atoms with E-state index in [1.54, 1.807) is 0 Å². The van der Waals surface area contributed by atoms with Crippen molar-refractivity contribution in [1.82, 2.24) is 20.9 Å². The monoisotopic (exact) mass is 540 g/mol. The molecular formula is C27H50N5O4S+. The fraction of sp³-hybridized carbons (Fsp3) is 0.963. The number of ether oxygens (including phenoxy) is 1. The zero-order valence-corrected chi connectivity index (χ0v) is 23.6. The minimum absolute atomic E-state index is 0.00587. The highest BCUT2D eigenvalue weighted by Crippen LogP contribution is 2.62. The average Bonchev–Trinajstić information content (AvgIpc) is 3.31. The molecule has 0 radical (unpaired) electrons. The third-order valence-corrected chi connectivity index (χ3v) is 12.0. The minimum atomic E-state index is -0.525. The van der Waals surface area contributed by atoms with Gasteiger partial charge < -0.3 is 30.9 Å². The molecule has 3 heterocycles. The molecule has 7 N–H and O–H groups in total. The molecule has 212 valence electrons. The summed E-state index contributed by atoms with van der Waals surface area (Å²) in [6, 6.07) is 0.857. The SMILES string of the molecule is CC1(CO)C(O)CCC2(C)C(CC(=O)NCCN3CCOCC3)C3[NH2+]C(NC4CCCNC4)SC3CC12. The number of hydrogen-bond donors (Lipinski definition) is 6. The summed E-state index contributed by atoms with van der Waals surface area (Å²) in [7, 11) is 0. The van der Waals surface area contributed by atoms with Crippen LogP contribution in [0.25, 0.3) is 0 Å². The number of aliphatic hydroxyl groups is 2. The second-order valence-corrected chi connectivity index (χ2v) is 14.1. The van der Waals surface area contributed by atoms with Gasteiger partial charge in [0.05, 0.1) is 31.2 Å². The molecule has 10 heteroatoms. The molecule has 0 bridgehead atoms. The van der Waals surface area contributed by atoms with Crippen LogP contribution in [0.5, 0.6) is 0 Å². The van der Waals surface area contributed by atoms with Gasteiger partial charge in [-0.25, -0.2) is 0 Å². The lowest BCUT2D eigenvalue weighted by atomic mass is 9.46. The number of piperidine rings is 1. The number of rotatable bonds is 8. The average molecular weight is 541 g/mol. The van der Waals surface area contributed by atoms with Gasteiger partial charge in [0.15, 0.2) is 5.50 Å². The fourth-order valence-corrected chi connectivity index (χ4v) is 9.89. The summed E-state index contributed by atoms with van der Waals surface area (Å²) in [5.41, 5.74) is -0.319. The second kappa shape index (κ2) is 12.0. The van der Waals surface area contributed by atoms with Gasteiger partial charge in [-0.3, -0.25) is 15.0 Å². The molecule has 37 heavy (non-hydrogen) atoms. The number of thioether (sulfide) groups is 1. The first-order valence-electron chi connectivity index (χ1n) is 14.7. The quantitative estimate of drug-likeness (QED) is 0.239. The van der Waals surface area contributed by atoms with E-state index in [-0.39, 0.29) is 29.8 Å². The van der Waals surface area contributed by atoms with Gasteiger partial charge in [-0.05, 0) is 50.0 Å². The van der Waals surface area contributed by atoms with Crippen LogP contribution in [0.1, 0.15) is 52.4 Å². The number of nitrogens with one attached hydrogen (secondary N) is 3. The highest BCUT2D eigenvalue weighted by atomic mass is 32.2. The highest BCUT2D eigenvalue weighted by molar-refractivity contribution is 8.00. The van der Waals surface area contributed by atoms with Crippen molar-refractivity contribution in [3.05, 3.63) is 0 Å². The summed E-state index contributed by atoms with van der Waals surface area (Å²) < 4.78 is 5.44. The van der Waals surface area contributed by atoms with Gasteiger partial charge in [-0.2, -0.15) is 0 Å². The zero-order valence-electron chi connectivity index (χ0n) is 22.8. The van der Waals surface area contributed by atoms with Gasteiger partial charge in [0.25, 0.3) is 0 Å². The largest absolute Gasteiger partial charge is 0.396 e. The minimum Gasteiger partial charge on any atom is -0.396 e. The van der Waals surface area contributed by atoms with E-state index in [1.807, 2.05) is 11.8 Å². The molecule has 0 aromatic heterocycles. The van der Waals surface area contributed by atoms with E-state index in [4.69, 9.17) is 4.74 Å². The molecule has 0 spiro atoms. The van der Waals surface area contributed by atoms with Crippen molar-refractivity contribution in [3.63, 3.8) is 0 Å². The smallest absolute Gasteiger partial charge is 0.220 e. The zero-order chi connectivity index (χ0) is 26.0. The molecule has 5 fully saturated rings. The molecule has 5 aliphatic rings. The van der Waals surface area contributed by atoms with Crippen molar-refractivity contribution in [2.45, 2.75) is 81.3 Å². The van der Waals surface area contributed by atoms with Crippen LogP contribution in [0.3, 0.4) is 0 Å². The topological polar surface area (TPSA) is 123 Å². The van der Waals surface area contributed by atoms with Crippen molar-refractivity contribution in [3.8, 4) is 0 Å². The summed E-state index contributed by atoms with van der Waals surface area (Å²) in [5, 5.41) is 35.1. The number of nitrogens with zero attached hydrogens (tertiary/aromatic N) is 1. The normalized spacial score (nSPS) is 44.7. The summed E-state index contributed by atoms with van der Waals surface area (Å²) in [6.07, 6.45) is 5.04. The predicted octanol–water partition coefficient (Wildman–Crippen LogP) is -0.707. The van der Waals surface area contributed by atoms with Gasteiger partial charge in [0, 0.05) is 56.5 Å². The Bertz CT molecular complexity index is 782. The number of morpholine rings is 1. The van der Waals surface area contributed by atoms with Crippen LogP contribution >= 0.6 is 11.8 Å². The molecule has 9 unspecified atom stereocenters. The van der Waals surface area contributed by atoms with Crippen molar-refractivity contribution < 1.29 is 25.1 Å². The number of carbonyl (C=O) groups excluding carboxylic acids is 1. The van der Waals surface area contributed by atoms with E-state index in [1.165, 1.54) is 12.8 Å². The standard InChI is InChI=1S/C27H49N5O4S/c1-26-6-5-22(34)27(2,17-33)21(26)15-20-24(31-25(37-20)30-18-4-3-7-28-16-18)19(26)14-23(35)29-8-9-32-10-12-36-13-11-32/h18-22,24-25,28,30-31,33-34H,3-17H2,1-2H3,(H,29,35)/p+1. The molecule has 0 aromatic carbocycles. The van der Waals surface area contributed by atoms with Crippen LogP contribution in [0.4, 0.5) is 0 Å². The first-order chi connectivity index (χ1) is 17.8. The van der Waals surface area contributed by atoms with Crippen molar-refractivity contribution in [1.29, 1.82) is 0 Å². The molecule has 9 atom stereocenters. The van der Waals surface area contributed by atoms with Gasteiger partial charge in [0.1, 0.15) is 6.04 Å². The number of carbonyl (C=O) groups is 1. The molecule has 0 aromatic rings. The Hall–Kier alpha value is -0.460. The molecular weight excluding hydrogens is 490 g/mol. The van der Waals surface area contributed by atoms with Crippen LogP contribution in [-0.2, 0) is 9.53 Å². The first kappa shape index (κ1) is 28.1. The van der Waals surface area contributed by atoms with E-state index >= 15 is 0 Å². The molecule has 2 saturated carbocycles. The van der Waals surface area contributed by atoms with Crippen LogP contribution in [0.2, 0.25) is 0 Å². The third-order valence-electron chi connectivity index (χ3n) is 10.5. The summed E-state index contributed by atoms with van der Waals surface area (Å²) in [4.78, 5) is 15.7. The lowest BCUT2D eigenvalue weighted by molar-refractivity contribution is -0.709. The maximum absolute atomic E-state index is 13.4. The van der Waals surface area contributed by atoms with Crippen molar-refractivity contribution in [2.24, 2.45) is 22.7 Å². The van der Waals surface area contributed by atoms with Crippen LogP contribution in [0, 0.1) is 22.7 Å². The predicted molar refractivity (Wildman–Crippen MR) is 145 cm³/mol. The van der Waals surface area contributed by atoms with Gasteiger partial charge in [-0.1, -0.05) is 25.6 Å². The van der Waals surface area contributed by atoms with E-state index in [2.05, 4.69) is 40.0 Å². The van der Waals surface area contributed by atoms with E-state index < -0.39 is 11.5 Å². The number of aliphatic hydroxyl groups excluding tert-OH is 2. The number of fused-ring (bicyclic) bond motifs is 2. The van der Waals surface area contributed by atoms with Crippen LogP contribution in [0.15, 0.2) is 0 Å². The third kappa shape index (κ3) is 5.87. The van der Waals surface area contributed by atoms with Gasteiger partial charge in [-0.15, -0.1) is 0 Å². The van der Waals surface area contributed by atoms with E-state index in [0.717, 1.165) is 58.8 Å². The number of quaternary nitrogens is 1. The molecule has 3 aliphatic heterocycles. The van der Waals surface area contributed by atoms with Crippen LogP contribution < -0.4 is 21.3 Å². The van der Waals surface area contributed by atoms with Crippen molar-refractivity contribution in [2.75, 3.05) is 59.1 Å². The molecule has 3 saturated heterocycles. The van der Waals surface area contributed by atoms with E-state index in [0.29, 0.717) is 42.2 Å². The maximum Gasteiger partial charge on any atom is 0.220 e. The fourth-order valence-electron chi connectivity index (χ4n) is 8.20. The van der Waals surface area contributed by atoms with Gasteiger partial charge in [0.2, 0.25) is 5.91 Å². The van der Waals surface area contributed by atoms with Crippen LogP contribution in [-0.4, -0.2) is 109 Å². The number of amides is 1. The Morgan fingerprint density at radius 1 is 1.27 bits per heavy atom. The Balaban J connectivity index is 1.29. The van der Waals surface area contributed by atoms with Gasteiger partial charge >= 0.3 is 0 Å². The Morgan fingerprint density at radius 2 is 2.08 bits per heavy atom. The molecule has 5 rings (SSSR count). The highest BCUT2D eigenvalue weighted by Gasteiger charge is 2.64. The number of nitrogens with two attached hydrogens (primary N) is 1. The Kier molecular flexibility index (Phi) is 9.08. The first-order valence-corrected chi connectivity index (χ1v) is 15.6. The number of hydrogen-bond acceptors (Lipinski definition) is 8. The molecule has 2 aliphatic carbocycles. The van der Waals surface area contributed by atoms with Crippen molar-refractivity contribution >= 4 is 17.7 Å². The maximum atomic E-state index is 13.4. The van der Waals surface area contributed by atoms with E-state index in [9.17, 15) is 15.0 Å². The summed E-state index contributed by atoms with van der Waals surface area (Å²) in [5.74, 6) is 0.543. The molecule has 1 amide bonds. The second-order valence-electron chi connectivity index (χ2n) is 12.7.